The maximum Gasteiger partial charge on any atom is 0.268 e. The highest BCUT2D eigenvalue weighted by atomic mass is 32.2. The fourth-order valence-electron chi connectivity index (χ4n) is 4.47. The van der Waals surface area contributed by atoms with Crippen LogP contribution in [0.2, 0.25) is 0 Å². The highest BCUT2D eigenvalue weighted by Gasteiger charge is 2.26. The molecule has 4 nitrogen and oxygen atoms in total. The Morgan fingerprint density at radius 1 is 0.771 bits per heavy atom. The molecule has 1 aromatic heterocycles. The van der Waals surface area contributed by atoms with Crippen molar-refractivity contribution in [3.63, 3.8) is 0 Å². The first-order valence-electron chi connectivity index (χ1n) is 11.3. The number of nitrogens with zero attached hydrogens (tertiary/aromatic N) is 1. The topological polar surface area (TPSA) is 48.3 Å². The van der Waals surface area contributed by atoms with Crippen LogP contribution in [0.1, 0.15) is 22.4 Å². The predicted molar refractivity (Wildman–Crippen MR) is 142 cm³/mol. The third-order valence-electron chi connectivity index (χ3n) is 6.12. The van der Waals surface area contributed by atoms with Gasteiger partial charge in [-0.3, -0.25) is 0 Å². The summed E-state index contributed by atoms with van der Waals surface area (Å²) in [5, 5.41) is 0.877. The van der Waals surface area contributed by atoms with Crippen molar-refractivity contribution < 1.29 is 13.2 Å². The number of hydrogen-bond donors (Lipinski definition) is 0. The van der Waals surface area contributed by atoms with Gasteiger partial charge in [0.1, 0.15) is 5.75 Å². The van der Waals surface area contributed by atoms with Crippen LogP contribution in [0.15, 0.2) is 114 Å². The zero-order chi connectivity index (χ0) is 24.4. The Balaban J connectivity index is 1.82. The lowest BCUT2D eigenvalue weighted by Crippen LogP contribution is -2.14. The van der Waals surface area contributed by atoms with E-state index in [0.717, 1.165) is 33.4 Å². The number of aromatic nitrogens is 1. The zero-order valence-corrected chi connectivity index (χ0v) is 20.4. The molecule has 0 saturated heterocycles. The van der Waals surface area contributed by atoms with Crippen molar-refractivity contribution in [1.82, 2.24) is 3.97 Å². The highest BCUT2D eigenvalue weighted by molar-refractivity contribution is 7.90. The second-order valence-electron chi connectivity index (χ2n) is 8.26. The molecule has 5 rings (SSSR count). The van der Waals surface area contributed by atoms with Crippen LogP contribution < -0.4 is 4.74 Å². The standard InChI is InChI=1S/C30H25NO3S/c1-22-30(28(21-23-11-5-3-6-12-23)24-17-19-25(34-2)20-18-24)27-15-9-10-16-29(27)31(22)35(32,33)26-13-7-4-8-14-26/h3-21H,1-2H3/b28-21-. The Morgan fingerprint density at radius 2 is 1.37 bits per heavy atom. The van der Waals surface area contributed by atoms with E-state index in [1.807, 2.05) is 91.9 Å². The van der Waals surface area contributed by atoms with Gasteiger partial charge < -0.3 is 4.74 Å². The lowest BCUT2D eigenvalue weighted by Gasteiger charge is -2.13. The van der Waals surface area contributed by atoms with Gasteiger partial charge in [0, 0.05) is 16.6 Å². The normalized spacial score (nSPS) is 12.1. The SMILES string of the molecule is COc1ccc(/C(=C/c2ccccc2)c2c(C)n(S(=O)(=O)c3ccccc3)c3ccccc23)cc1. The van der Waals surface area contributed by atoms with Gasteiger partial charge in [-0.05, 0) is 60.0 Å². The third-order valence-corrected chi connectivity index (χ3v) is 7.94. The minimum atomic E-state index is -3.81. The Morgan fingerprint density at radius 3 is 2.03 bits per heavy atom. The molecule has 0 bridgehead atoms. The zero-order valence-electron chi connectivity index (χ0n) is 19.5. The van der Waals surface area contributed by atoms with Crippen molar-refractivity contribution in [1.29, 1.82) is 0 Å². The summed E-state index contributed by atoms with van der Waals surface area (Å²) >= 11 is 0. The molecular weight excluding hydrogens is 454 g/mol. The Bertz CT molecular complexity index is 1620. The van der Waals surface area contributed by atoms with E-state index in [1.165, 1.54) is 3.97 Å². The fraction of sp³-hybridized carbons (Fsp3) is 0.0667. The number of para-hydroxylation sites is 1. The molecule has 0 saturated carbocycles. The summed E-state index contributed by atoms with van der Waals surface area (Å²) in [6.45, 7) is 1.87. The van der Waals surface area contributed by atoms with Crippen molar-refractivity contribution in [2.45, 2.75) is 11.8 Å². The molecule has 0 aliphatic heterocycles. The van der Waals surface area contributed by atoms with E-state index in [9.17, 15) is 8.42 Å². The number of benzene rings is 4. The quantitative estimate of drug-likeness (QED) is 0.252. The monoisotopic (exact) mass is 479 g/mol. The molecule has 4 aromatic carbocycles. The molecule has 0 unspecified atom stereocenters. The Hall–Kier alpha value is -4.09. The van der Waals surface area contributed by atoms with E-state index in [-0.39, 0.29) is 4.90 Å². The number of fused-ring (bicyclic) bond motifs is 1. The smallest absolute Gasteiger partial charge is 0.268 e. The highest BCUT2D eigenvalue weighted by Crippen LogP contribution is 2.38. The van der Waals surface area contributed by atoms with E-state index in [4.69, 9.17) is 4.74 Å². The van der Waals surface area contributed by atoms with Crippen molar-refractivity contribution >= 4 is 32.6 Å². The van der Waals surface area contributed by atoms with Gasteiger partial charge in [-0.15, -0.1) is 0 Å². The van der Waals surface area contributed by atoms with Crippen LogP contribution in [0.3, 0.4) is 0 Å². The number of ether oxygens (including phenoxy) is 1. The molecule has 1 heterocycles. The molecule has 0 aliphatic rings. The first kappa shape index (κ1) is 22.7. The summed E-state index contributed by atoms with van der Waals surface area (Å²) < 4.78 is 34.4. The molecule has 35 heavy (non-hydrogen) atoms. The van der Waals surface area contributed by atoms with Gasteiger partial charge in [-0.1, -0.05) is 78.9 Å². The van der Waals surface area contributed by atoms with Gasteiger partial charge in [-0.25, -0.2) is 12.4 Å². The molecule has 0 radical (unpaired) electrons. The maximum atomic E-state index is 13.8. The average Bonchev–Trinajstić information content (AvgIpc) is 3.20. The van der Waals surface area contributed by atoms with Crippen molar-refractivity contribution in [2.24, 2.45) is 0 Å². The summed E-state index contributed by atoms with van der Waals surface area (Å²) in [5.74, 6) is 0.763. The Kier molecular flexibility index (Phi) is 6.01. The van der Waals surface area contributed by atoms with Crippen LogP contribution >= 0.6 is 0 Å². The van der Waals surface area contributed by atoms with Gasteiger partial charge >= 0.3 is 0 Å². The molecule has 0 fully saturated rings. The Labute approximate surface area is 205 Å². The maximum absolute atomic E-state index is 13.8. The molecule has 0 atom stereocenters. The summed E-state index contributed by atoms with van der Waals surface area (Å²) in [7, 11) is -2.16. The summed E-state index contributed by atoms with van der Waals surface area (Å²) in [5.41, 5.74) is 5.13. The van der Waals surface area contributed by atoms with Gasteiger partial charge in [-0.2, -0.15) is 0 Å². The number of hydrogen-bond acceptors (Lipinski definition) is 3. The molecule has 5 aromatic rings. The van der Waals surface area contributed by atoms with Crippen molar-refractivity contribution in [3.8, 4) is 5.75 Å². The first-order valence-corrected chi connectivity index (χ1v) is 12.8. The van der Waals surface area contributed by atoms with Crippen molar-refractivity contribution in [3.05, 3.63) is 132 Å². The lowest BCUT2D eigenvalue weighted by atomic mass is 9.93. The van der Waals surface area contributed by atoms with Crippen LogP contribution in [0.25, 0.3) is 22.6 Å². The molecule has 0 aliphatic carbocycles. The molecular formula is C30H25NO3S. The lowest BCUT2D eigenvalue weighted by molar-refractivity contribution is 0.415. The van der Waals surface area contributed by atoms with Crippen LogP contribution in [0, 0.1) is 6.92 Å². The summed E-state index contributed by atoms with van der Waals surface area (Å²) in [6.07, 6.45) is 2.11. The van der Waals surface area contributed by atoms with Crippen molar-refractivity contribution in [2.75, 3.05) is 7.11 Å². The van der Waals surface area contributed by atoms with Crippen LogP contribution in [0.4, 0.5) is 0 Å². The van der Waals surface area contributed by atoms with E-state index < -0.39 is 10.0 Å². The summed E-state index contributed by atoms with van der Waals surface area (Å²) in [4.78, 5) is 0.258. The van der Waals surface area contributed by atoms with Crippen LogP contribution in [0.5, 0.6) is 5.75 Å². The van der Waals surface area contributed by atoms with E-state index >= 15 is 0 Å². The average molecular weight is 480 g/mol. The van der Waals surface area contributed by atoms with Gasteiger partial charge in [0.25, 0.3) is 10.0 Å². The second-order valence-corrected chi connectivity index (χ2v) is 10.0. The van der Waals surface area contributed by atoms with Gasteiger partial charge in [0.2, 0.25) is 0 Å². The van der Waals surface area contributed by atoms with Crippen LogP contribution in [-0.4, -0.2) is 19.5 Å². The third kappa shape index (κ3) is 4.15. The largest absolute Gasteiger partial charge is 0.497 e. The second kappa shape index (κ2) is 9.28. The first-order chi connectivity index (χ1) is 17.0. The predicted octanol–water partition coefficient (Wildman–Crippen LogP) is 6.78. The minimum absolute atomic E-state index is 0.258. The van der Waals surface area contributed by atoms with Crippen LogP contribution in [-0.2, 0) is 10.0 Å². The molecule has 0 N–H and O–H groups in total. The minimum Gasteiger partial charge on any atom is -0.497 e. The summed E-state index contributed by atoms with van der Waals surface area (Å²) in [6, 6.07) is 34.1. The number of rotatable bonds is 6. The molecule has 0 spiro atoms. The fourth-order valence-corrected chi connectivity index (χ4v) is 6.06. The molecule has 0 amide bonds. The van der Waals surface area contributed by atoms with E-state index in [2.05, 4.69) is 6.08 Å². The van der Waals surface area contributed by atoms with Gasteiger partial charge in [0.05, 0.1) is 17.5 Å². The molecule has 174 valence electrons. The number of methoxy groups -OCH3 is 1. The van der Waals surface area contributed by atoms with E-state index in [1.54, 1.807) is 31.4 Å². The van der Waals surface area contributed by atoms with E-state index in [0.29, 0.717) is 11.2 Å². The van der Waals surface area contributed by atoms with Gasteiger partial charge in [0.15, 0.2) is 0 Å². The molecule has 5 heteroatoms.